The summed E-state index contributed by atoms with van der Waals surface area (Å²) in [4.78, 5) is 27.4. The summed E-state index contributed by atoms with van der Waals surface area (Å²) in [6, 6.07) is 7.50. The fourth-order valence-electron chi connectivity index (χ4n) is 3.22. The average molecular weight is 303 g/mol. The Labute approximate surface area is 130 Å². The molecule has 6 nitrogen and oxygen atoms in total. The van der Waals surface area contributed by atoms with Gasteiger partial charge in [-0.1, -0.05) is 18.2 Å². The standard InChI is InChI=1S/C16H21N3O3/c1-22-14-7-3-2-6-12(14)13(18-8-4-5-9-18)11-19-15(20)10-17-16(19)21/h2-3,6-7,13H,4-5,8-11H2,1H3,(H,17,21). The predicted molar refractivity (Wildman–Crippen MR) is 81.7 cm³/mol. The van der Waals surface area contributed by atoms with Crippen LogP contribution >= 0.6 is 0 Å². The number of hydrogen-bond donors (Lipinski definition) is 1. The van der Waals surface area contributed by atoms with Crippen molar-refractivity contribution in [1.29, 1.82) is 0 Å². The van der Waals surface area contributed by atoms with Crippen LogP contribution in [-0.4, -0.2) is 55.0 Å². The van der Waals surface area contributed by atoms with Crippen LogP contribution in [0.3, 0.4) is 0 Å². The minimum absolute atomic E-state index is 0.0218. The zero-order chi connectivity index (χ0) is 15.5. The van der Waals surface area contributed by atoms with Gasteiger partial charge in [-0.05, 0) is 32.0 Å². The quantitative estimate of drug-likeness (QED) is 0.835. The van der Waals surface area contributed by atoms with Crippen molar-refractivity contribution in [2.45, 2.75) is 18.9 Å². The van der Waals surface area contributed by atoms with Crippen molar-refractivity contribution in [3.63, 3.8) is 0 Å². The molecule has 3 amide bonds. The van der Waals surface area contributed by atoms with E-state index in [1.807, 2.05) is 24.3 Å². The van der Waals surface area contributed by atoms with E-state index in [2.05, 4.69) is 10.2 Å². The summed E-state index contributed by atoms with van der Waals surface area (Å²) < 4.78 is 5.47. The van der Waals surface area contributed by atoms with Crippen LogP contribution in [0.15, 0.2) is 24.3 Å². The molecule has 2 saturated heterocycles. The number of imide groups is 1. The van der Waals surface area contributed by atoms with Gasteiger partial charge in [0.05, 0.1) is 26.2 Å². The molecule has 2 aliphatic heterocycles. The van der Waals surface area contributed by atoms with Gasteiger partial charge in [0.15, 0.2) is 0 Å². The van der Waals surface area contributed by atoms with Gasteiger partial charge in [-0.15, -0.1) is 0 Å². The molecule has 0 aromatic heterocycles. The van der Waals surface area contributed by atoms with E-state index in [1.165, 1.54) is 4.90 Å². The van der Waals surface area contributed by atoms with Crippen molar-refractivity contribution in [1.82, 2.24) is 15.1 Å². The topological polar surface area (TPSA) is 61.9 Å². The van der Waals surface area contributed by atoms with E-state index in [4.69, 9.17) is 4.74 Å². The van der Waals surface area contributed by atoms with Crippen LogP contribution in [0.5, 0.6) is 5.75 Å². The number of benzene rings is 1. The molecule has 0 saturated carbocycles. The molecular weight excluding hydrogens is 282 g/mol. The lowest BCUT2D eigenvalue weighted by Crippen LogP contribution is -2.40. The molecule has 3 rings (SSSR count). The largest absolute Gasteiger partial charge is 0.496 e. The molecule has 1 atom stereocenters. The van der Waals surface area contributed by atoms with Gasteiger partial charge in [-0.3, -0.25) is 14.6 Å². The van der Waals surface area contributed by atoms with Crippen LogP contribution in [0.4, 0.5) is 4.79 Å². The molecule has 118 valence electrons. The van der Waals surface area contributed by atoms with Crippen LogP contribution in [0, 0.1) is 0 Å². The van der Waals surface area contributed by atoms with Gasteiger partial charge in [0.2, 0.25) is 5.91 Å². The Bertz CT molecular complexity index is 554. The summed E-state index contributed by atoms with van der Waals surface area (Å²) in [7, 11) is 1.65. The first kappa shape index (κ1) is 14.8. The second-order valence-electron chi connectivity index (χ2n) is 5.66. The number of amides is 3. The summed E-state index contributed by atoms with van der Waals surface area (Å²) in [5, 5.41) is 2.58. The highest BCUT2D eigenvalue weighted by atomic mass is 16.5. The normalized spacial score (nSPS) is 20.3. The number of nitrogens with zero attached hydrogens (tertiary/aromatic N) is 2. The van der Waals surface area contributed by atoms with Crippen LogP contribution in [0.2, 0.25) is 0 Å². The van der Waals surface area contributed by atoms with E-state index in [9.17, 15) is 9.59 Å². The molecular formula is C16H21N3O3. The Kier molecular flexibility index (Phi) is 4.29. The number of carbonyl (C=O) groups excluding carboxylic acids is 2. The number of urea groups is 1. The summed E-state index contributed by atoms with van der Waals surface area (Å²) in [5.74, 6) is 0.635. The van der Waals surface area contributed by atoms with Crippen molar-refractivity contribution in [2.75, 3.05) is 33.3 Å². The summed E-state index contributed by atoms with van der Waals surface area (Å²) >= 11 is 0. The first-order valence-electron chi connectivity index (χ1n) is 7.66. The van der Waals surface area contributed by atoms with E-state index in [1.54, 1.807) is 7.11 Å². The molecule has 6 heteroatoms. The molecule has 0 aliphatic carbocycles. The Morgan fingerprint density at radius 3 is 2.59 bits per heavy atom. The van der Waals surface area contributed by atoms with E-state index in [0.717, 1.165) is 37.2 Å². The van der Waals surface area contributed by atoms with Gasteiger partial charge in [0.25, 0.3) is 0 Å². The first-order valence-corrected chi connectivity index (χ1v) is 7.66. The fraction of sp³-hybridized carbons (Fsp3) is 0.500. The van der Waals surface area contributed by atoms with Gasteiger partial charge < -0.3 is 10.1 Å². The smallest absolute Gasteiger partial charge is 0.324 e. The van der Waals surface area contributed by atoms with Crippen molar-refractivity contribution >= 4 is 11.9 Å². The van der Waals surface area contributed by atoms with Crippen LogP contribution in [0.1, 0.15) is 24.4 Å². The highest BCUT2D eigenvalue weighted by Gasteiger charge is 2.34. The summed E-state index contributed by atoms with van der Waals surface area (Å²) in [5.41, 5.74) is 1.03. The van der Waals surface area contributed by atoms with Crippen molar-refractivity contribution < 1.29 is 14.3 Å². The van der Waals surface area contributed by atoms with E-state index in [0.29, 0.717) is 6.54 Å². The number of nitrogens with one attached hydrogen (secondary N) is 1. The number of methoxy groups -OCH3 is 1. The second kappa shape index (κ2) is 6.36. The molecule has 0 bridgehead atoms. The number of para-hydroxylation sites is 1. The Morgan fingerprint density at radius 1 is 1.23 bits per heavy atom. The van der Waals surface area contributed by atoms with Crippen LogP contribution in [-0.2, 0) is 4.79 Å². The molecule has 0 radical (unpaired) electrons. The number of hydrogen-bond acceptors (Lipinski definition) is 4. The molecule has 2 aliphatic rings. The van der Waals surface area contributed by atoms with Crippen LogP contribution in [0.25, 0.3) is 0 Å². The molecule has 1 aromatic rings. The Hall–Kier alpha value is -2.08. The third-order valence-electron chi connectivity index (χ3n) is 4.37. The lowest BCUT2D eigenvalue weighted by Gasteiger charge is -2.31. The van der Waals surface area contributed by atoms with Crippen molar-refractivity contribution in [2.24, 2.45) is 0 Å². The first-order chi connectivity index (χ1) is 10.7. The third kappa shape index (κ3) is 2.78. The van der Waals surface area contributed by atoms with Gasteiger partial charge in [0, 0.05) is 5.56 Å². The highest BCUT2D eigenvalue weighted by molar-refractivity contribution is 6.02. The maximum Gasteiger partial charge on any atom is 0.324 e. The molecule has 1 N–H and O–H groups in total. The zero-order valence-corrected chi connectivity index (χ0v) is 12.7. The van der Waals surface area contributed by atoms with Gasteiger partial charge in [0.1, 0.15) is 5.75 Å². The van der Waals surface area contributed by atoms with Crippen molar-refractivity contribution in [3.8, 4) is 5.75 Å². The third-order valence-corrected chi connectivity index (χ3v) is 4.37. The lowest BCUT2D eigenvalue weighted by molar-refractivity contribution is -0.125. The molecule has 1 unspecified atom stereocenters. The maximum absolute atomic E-state index is 11.9. The predicted octanol–water partition coefficient (Wildman–Crippen LogP) is 1.38. The zero-order valence-electron chi connectivity index (χ0n) is 12.7. The number of likely N-dealkylation sites (tertiary alicyclic amines) is 1. The Morgan fingerprint density at radius 2 is 1.95 bits per heavy atom. The molecule has 2 fully saturated rings. The maximum atomic E-state index is 11.9. The highest BCUT2D eigenvalue weighted by Crippen LogP contribution is 2.32. The number of carbonyl (C=O) groups is 2. The average Bonchev–Trinajstić information content (AvgIpc) is 3.17. The van der Waals surface area contributed by atoms with E-state index in [-0.39, 0.29) is 24.5 Å². The Balaban J connectivity index is 1.90. The summed E-state index contributed by atoms with van der Waals surface area (Å²) in [6.45, 7) is 2.42. The molecule has 22 heavy (non-hydrogen) atoms. The monoisotopic (exact) mass is 303 g/mol. The SMILES string of the molecule is COc1ccccc1C(CN1C(=O)CNC1=O)N1CCCC1. The summed E-state index contributed by atoms with van der Waals surface area (Å²) in [6.07, 6.45) is 2.29. The molecule has 0 spiro atoms. The van der Waals surface area contributed by atoms with Crippen LogP contribution < -0.4 is 10.1 Å². The van der Waals surface area contributed by atoms with Gasteiger partial charge in [-0.25, -0.2) is 4.79 Å². The van der Waals surface area contributed by atoms with E-state index < -0.39 is 0 Å². The van der Waals surface area contributed by atoms with Gasteiger partial charge >= 0.3 is 6.03 Å². The molecule has 2 heterocycles. The van der Waals surface area contributed by atoms with E-state index >= 15 is 0 Å². The van der Waals surface area contributed by atoms with Crippen molar-refractivity contribution in [3.05, 3.63) is 29.8 Å². The molecule has 1 aromatic carbocycles. The second-order valence-corrected chi connectivity index (χ2v) is 5.66. The fourth-order valence-corrected chi connectivity index (χ4v) is 3.22. The lowest BCUT2D eigenvalue weighted by atomic mass is 10.0. The number of ether oxygens (including phenoxy) is 1. The minimum atomic E-state index is -0.302. The van der Waals surface area contributed by atoms with Gasteiger partial charge in [-0.2, -0.15) is 0 Å². The number of rotatable bonds is 5. The minimum Gasteiger partial charge on any atom is -0.496 e.